The van der Waals surface area contributed by atoms with Crippen LogP contribution in [0.2, 0.25) is 0 Å². The average molecular weight is 280 g/mol. The van der Waals surface area contributed by atoms with E-state index in [2.05, 4.69) is 10.2 Å². The van der Waals surface area contributed by atoms with Crippen molar-refractivity contribution in [3.8, 4) is 5.75 Å². The minimum atomic E-state index is -0.455. The lowest BCUT2D eigenvalue weighted by Crippen LogP contribution is -1.99. The molecule has 0 unspecified atom stereocenters. The standard InChI is InChI=1S/C11H12N4O3S/c1-2-7-3-4-9(8(5-7)15(16)17)18-6-10-13-14-11(12)19-10/h3-5H,2,6H2,1H3,(H2,12,14). The van der Waals surface area contributed by atoms with Crippen molar-refractivity contribution < 1.29 is 9.66 Å². The Morgan fingerprint density at radius 2 is 2.26 bits per heavy atom. The van der Waals surface area contributed by atoms with E-state index in [1.54, 1.807) is 12.1 Å². The van der Waals surface area contributed by atoms with Gasteiger partial charge in [-0.05, 0) is 18.1 Å². The molecule has 19 heavy (non-hydrogen) atoms. The van der Waals surface area contributed by atoms with Crippen LogP contribution < -0.4 is 10.5 Å². The Kier molecular flexibility index (Phi) is 3.91. The van der Waals surface area contributed by atoms with Crippen LogP contribution in [-0.4, -0.2) is 15.1 Å². The minimum Gasteiger partial charge on any atom is -0.479 e. The van der Waals surface area contributed by atoms with Crippen molar-refractivity contribution in [2.75, 3.05) is 5.73 Å². The molecule has 0 aliphatic heterocycles. The summed E-state index contributed by atoms with van der Waals surface area (Å²) < 4.78 is 5.41. The molecule has 0 bridgehead atoms. The lowest BCUT2D eigenvalue weighted by molar-refractivity contribution is -0.386. The SMILES string of the molecule is CCc1ccc(OCc2nnc(N)s2)c([N+](=O)[O-])c1. The Morgan fingerprint density at radius 3 is 2.84 bits per heavy atom. The highest BCUT2D eigenvalue weighted by Gasteiger charge is 2.16. The Labute approximate surface area is 113 Å². The van der Waals surface area contributed by atoms with Gasteiger partial charge in [-0.15, -0.1) is 10.2 Å². The fourth-order valence-corrected chi connectivity index (χ4v) is 2.03. The van der Waals surface area contributed by atoms with Gasteiger partial charge in [0.15, 0.2) is 10.8 Å². The molecule has 0 fully saturated rings. The van der Waals surface area contributed by atoms with E-state index >= 15 is 0 Å². The molecule has 1 aromatic carbocycles. The fraction of sp³-hybridized carbons (Fsp3) is 0.273. The maximum absolute atomic E-state index is 11.0. The Hall–Kier alpha value is -2.22. The van der Waals surface area contributed by atoms with Gasteiger partial charge < -0.3 is 10.5 Å². The summed E-state index contributed by atoms with van der Waals surface area (Å²) in [5.74, 6) is 0.218. The molecule has 8 heteroatoms. The number of aryl methyl sites for hydroxylation is 1. The van der Waals surface area contributed by atoms with Gasteiger partial charge in [0.1, 0.15) is 6.61 Å². The van der Waals surface area contributed by atoms with Crippen LogP contribution in [0.25, 0.3) is 0 Å². The van der Waals surface area contributed by atoms with E-state index in [9.17, 15) is 10.1 Å². The average Bonchev–Trinajstić information content (AvgIpc) is 2.82. The summed E-state index contributed by atoms with van der Waals surface area (Å²) in [7, 11) is 0. The van der Waals surface area contributed by atoms with Crippen molar-refractivity contribution in [3.05, 3.63) is 38.9 Å². The highest BCUT2D eigenvalue weighted by atomic mass is 32.1. The zero-order valence-corrected chi connectivity index (χ0v) is 11.0. The second-order valence-electron chi connectivity index (χ2n) is 3.74. The van der Waals surface area contributed by atoms with Gasteiger partial charge in [-0.2, -0.15) is 0 Å². The molecule has 0 spiro atoms. The number of nitro groups is 1. The minimum absolute atomic E-state index is 0.0446. The van der Waals surface area contributed by atoms with Crippen molar-refractivity contribution in [1.82, 2.24) is 10.2 Å². The lowest BCUT2D eigenvalue weighted by atomic mass is 10.1. The molecule has 0 radical (unpaired) electrons. The normalized spacial score (nSPS) is 10.4. The van der Waals surface area contributed by atoms with Crippen molar-refractivity contribution in [2.45, 2.75) is 20.0 Å². The van der Waals surface area contributed by atoms with Crippen LogP contribution in [-0.2, 0) is 13.0 Å². The summed E-state index contributed by atoms with van der Waals surface area (Å²) in [5, 5.41) is 19.3. The molecule has 100 valence electrons. The molecule has 7 nitrogen and oxygen atoms in total. The molecule has 0 saturated heterocycles. The van der Waals surface area contributed by atoms with Gasteiger partial charge in [-0.25, -0.2) is 0 Å². The molecule has 0 aliphatic carbocycles. The predicted molar refractivity (Wildman–Crippen MR) is 71.1 cm³/mol. The van der Waals surface area contributed by atoms with Gasteiger partial charge in [-0.1, -0.05) is 24.3 Å². The van der Waals surface area contributed by atoms with Crippen LogP contribution in [0, 0.1) is 10.1 Å². The third-order valence-electron chi connectivity index (χ3n) is 2.46. The van der Waals surface area contributed by atoms with E-state index in [0.717, 1.165) is 12.0 Å². The summed E-state index contributed by atoms with van der Waals surface area (Å²) in [6.45, 7) is 2.05. The molecule has 1 aromatic heterocycles. The number of anilines is 1. The van der Waals surface area contributed by atoms with Crippen LogP contribution >= 0.6 is 11.3 Å². The van der Waals surface area contributed by atoms with Crippen molar-refractivity contribution in [2.24, 2.45) is 0 Å². The molecule has 0 saturated carbocycles. The number of aromatic nitrogens is 2. The summed E-state index contributed by atoms with van der Waals surface area (Å²) in [5.41, 5.74) is 6.29. The molecule has 2 aromatic rings. The molecule has 0 atom stereocenters. The third-order valence-corrected chi connectivity index (χ3v) is 3.19. The van der Waals surface area contributed by atoms with E-state index in [-0.39, 0.29) is 18.0 Å². The number of nitro benzene ring substituents is 1. The molecular formula is C11H12N4O3S. The first kappa shape index (κ1) is 13.2. The van der Waals surface area contributed by atoms with E-state index in [4.69, 9.17) is 10.5 Å². The summed E-state index contributed by atoms with van der Waals surface area (Å²) in [6, 6.07) is 4.92. The maximum atomic E-state index is 11.0. The number of hydrogen-bond acceptors (Lipinski definition) is 7. The first-order valence-electron chi connectivity index (χ1n) is 5.58. The number of nitrogens with zero attached hydrogens (tertiary/aromatic N) is 3. The summed E-state index contributed by atoms with van der Waals surface area (Å²) in [4.78, 5) is 10.5. The van der Waals surface area contributed by atoms with Crippen LogP contribution in [0.4, 0.5) is 10.8 Å². The zero-order valence-electron chi connectivity index (χ0n) is 10.2. The number of nitrogens with two attached hydrogens (primary N) is 1. The van der Waals surface area contributed by atoms with E-state index in [1.807, 2.05) is 6.92 Å². The first-order chi connectivity index (χ1) is 9.10. The second-order valence-corrected chi connectivity index (χ2v) is 4.83. The van der Waals surface area contributed by atoms with Gasteiger partial charge in [0.2, 0.25) is 5.13 Å². The van der Waals surface area contributed by atoms with Crippen LogP contribution in [0.15, 0.2) is 18.2 Å². The Balaban J connectivity index is 2.17. The number of hydrogen-bond donors (Lipinski definition) is 1. The largest absolute Gasteiger partial charge is 0.479 e. The van der Waals surface area contributed by atoms with Gasteiger partial charge >= 0.3 is 5.69 Å². The highest BCUT2D eigenvalue weighted by molar-refractivity contribution is 7.15. The zero-order chi connectivity index (χ0) is 13.8. The van der Waals surface area contributed by atoms with Crippen molar-refractivity contribution in [1.29, 1.82) is 0 Å². The second kappa shape index (κ2) is 5.61. The van der Waals surface area contributed by atoms with Gasteiger partial charge in [-0.3, -0.25) is 10.1 Å². The monoisotopic (exact) mass is 280 g/mol. The first-order valence-corrected chi connectivity index (χ1v) is 6.39. The molecular weight excluding hydrogens is 268 g/mol. The van der Waals surface area contributed by atoms with E-state index in [1.165, 1.54) is 17.4 Å². The van der Waals surface area contributed by atoms with Crippen molar-refractivity contribution in [3.63, 3.8) is 0 Å². The molecule has 2 N–H and O–H groups in total. The smallest absolute Gasteiger partial charge is 0.311 e. The Bertz CT molecular complexity index is 599. The highest BCUT2D eigenvalue weighted by Crippen LogP contribution is 2.29. The van der Waals surface area contributed by atoms with Gasteiger partial charge in [0, 0.05) is 6.07 Å². The van der Waals surface area contributed by atoms with Gasteiger partial charge in [0.05, 0.1) is 4.92 Å². The quantitative estimate of drug-likeness (QED) is 0.664. The van der Waals surface area contributed by atoms with Crippen LogP contribution in [0.3, 0.4) is 0 Å². The number of rotatable bonds is 5. The van der Waals surface area contributed by atoms with E-state index < -0.39 is 4.92 Å². The maximum Gasteiger partial charge on any atom is 0.311 e. The van der Waals surface area contributed by atoms with Crippen molar-refractivity contribution >= 4 is 22.2 Å². The summed E-state index contributed by atoms with van der Waals surface area (Å²) >= 11 is 1.19. The van der Waals surface area contributed by atoms with Gasteiger partial charge in [0.25, 0.3) is 0 Å². The number of benzene rings is 1. The van der Waals surface area contributed by atoms with Crippen LogP contribution in [0.1, 0.15) is 17.5 Å². The number of nitrogen functional groups attached to an aromatic ring is 1. The molecule has 0 aliphatic rings. The third kappa shape index (κ3) is 3.16. The van der Waals surface area contributed by atoms with E-state index in [0.29, 0.717) is 10.1 Å². The predicted octanol–water partition coefficient (Wildman–Crippen LogP) is 2.17. The number of ether oxygens (including phenoxy) is 1. The van der Waals surface area contributed by atoms with Crippen LogP contribution in [0.5, 0.6) is 5.75 Å². The molecule has 0 amide bonds. The summed E-state index contributed by atoms with van der Waals surface area (Å²) in [6.07, 6.45) is 0.730. The Morgan fingerprint density at radius 1 is 1.47 bits per heavy atom. The fourth-order valence-electron chi connectivity index (χ4n) is 1.51. The lowest BCUT2D eigenvalue weighted by Gasteiger charge is -2.05. The molecule has 1 heterocycles. The topological polar surface area (TPSA) is 104 Å². The molecule has 2 rings (SSSR count).